The Morgan fingerprint density at radius 3 is 2.52 bits per heavy atom. The molecule has 5 heterocycles. The number of alkyl halides is 2. The monoisotopic (exact) mass is 496 g/mol. The van der Waals surface area contributed by atoms with Gasteiger partial charge in [-0.3, -0.25) is 4.21 Å². The molecule has 2 aromatic heterocycles. The molecule has 8 nitrogen and oxygen atoms in total. The number of halogens is 3. The zero-order valence-corrected chi connectivity index (χ0v) is 19.2. The first-order valence-corrected chi connectivity index (χ1v) is 12.8. The summed E-state index contributed by atoms with van der Waals surface area (Å²) in [6.07, 6.45) is 6.54. The molecule has 2 aliphatic carbocycles. The molecule has 5 aliphatic rings. The lowest BCUT2D eigenvalue weighted by molar-refractivity contribution is 0.0190. The molecule has 4 fully saturated rings. The Bertz CT molecular complexity index is 1110. The summed E-state index contributed by atoms with van der Waals surface area (Å²) in [6.45, 7) is 1.07. The maximum atomic E-state index is 14.7. The summed E-state index contributed by atoms with van der Waals surface area (Å²) >= 11 is 5.91. The molecule has 3 atom stereocenters. The van der Waals surface area contributed by atoms with Crippen LogP contribution in [-0.2, 0) is 16.7 Å². The van der Waals surface area contributed by atoms with Crippen molar-refractivity contribution in [3.8, 4) is 0 Å². The number of fused-ring (bicyclic) bond motifs is 3. The smallest absolute Gasteiger partial charge is 0.302 e. The van der Waals surface area contributed by atoms with Crippen LogP contribution in [0.2, 0.25) is 5.02 Å². The van der Waals surface area contributed by atoms with Crippen molar-refractivity contribution in [2.75, 3.05) is 35.7 Å². The molecule has 33 heavy (non-hydrogen) atoms. The molecule has 2 saturated heterocycles. The standard InChI is InChI=1S/C21H23ClF2N6O2S/c22-13-5-25-17(26-6-13)14-11-4-12(14)8-30(7-11)19-27-16-15(33(32)10-21(16,23)24)18(28-19)29-20(9-31)2-1-3-20/h5-6,11-12,14,31H,1-4,7-10H2,(H,27,28,29)/t11?,12?,14?,33-/m0/s1. The quantitative estimate of drug-likeness (QED) is 0.651. The van der Waals surface area contributed by atoms with Crippen LogP contribution in [-0.4, -0.2) is 60.2 Å². The SMILES string of the molecule is O=[S@]1CC(F)(F)c2nc(N3CC4CC(C3)C4c3ncc(Cl)cn3)nc(NC3(CO)CCC3)c21. The van der Waals surface area contributed by atoms with E-state index in [1.807, 2.05) is 4.90 Å². The van der Waals surface area contributed by atoms with Crippen molar-refractivity contribution < 1.29 is 18.1 Å². The maximum absolute atomic E-state index is 14.7. The van der Waals surface area contributed by atoms with E-state index in [0.29, 0.717) is 31.0 Å². The summed E-state index contributed by atoms with van der Waals surface area (Å²) in [5.41, 5.74) is -1.07. The van der Waals surface area contributed by atoms with Gasteiger partial charge in [0.15, 0.2) is 0 Å². The molecule has 0 spiro atoms. The van der Waals surface area contributed by atoms with Crippen LogP contribution in [0.15, 0.2) is 17.3 Å². The van der Waals surface area contributed by atoms with Gasteiger partial charge in [-0.15, -0.1) is 0 Å². The van der Waals surface area contributed by atoms with Gasteiger partial charge in [-0.2, -0.15) is 13.8 Å². The van der Waals surface area contributed by atoms with Crippen molar-refractivity contribution in [2.45, 2.75) is 48.0 Å². The Morgan fingerprint density at radius 2 is 1.91 bits per heavy atom. The minimum Gasteiger partial charge on any atom is -0.394 e. The van der Waals surface area contributed by atoms with E-state index in [4.69, 9.17) is 11.6 Å². The van der Waals surface area contributed by atoms with E-state index in [1.54, 1.807) is 12.4 Å². The molecule has 2 saturated carbocycles. The first-order valence-electron chi connectivity index (χ1n) is 11.1. The summed E-state index contributed by atoms with van der Waals surface area (Å²) in [5.74, 6) is -2.20. The van der Waals surface area contributed by atoms with Gasteiger partial charge in [-0.05, 0) is 37.5 Å². The molecule has 3 aliphatic heterocycles. The molecular formula is C21H23ClF2N6O2S. The van der Waals surface area contributed by atoms with Crippen molar-refractivity contribution in [3.05, 3.63) is 28.9 Å². The van der Waals surface area contributed by atoms with Crippen LogP contribution < -0.4 is 10.2 Å². The van der Waals surface area contributed by atoms with Crippen molar-refractivity contribution in [1.29, 1.82) is 0 Å². The number of piperidine rings is 2. The van der Waals surface area contributed by atoms with Crippen LogP contribution in [0.3, 0.4) is 0 Å². The normalized spacial score (nSPS) is 30.8. The van der Waals surface area contributed by atoms with Crippen molar-refractivity contribution in [1.82, 2.24) is 19.9 Å². The summed E-state index contributed by atoms with van der Waals surface area (Å²) in [5, 5.41) is 13.5. The minimum absolute atomic E-state index is 0.0296. The number of anilines is 2. The third kappa shape index (κ3) is 3.42. The zero-order valence-electron chi connectivity index (χ0n) is 17.7. The van der Waals surface area contributed by atoms with Gasteiger partial charge in [0.1, 0.15) is 22.2 Å². The fourth-order valence-corrected chi connectivity index (χ4v) is 7.01. The van der Waals surface area contributed by atoms with Gasteiger partial charge >= 0.3 is 5.92 Å². The summed E-state index contributed by atoms with van der Waals surface area (Å²) < 4.78 is 42.0. The Hall–Kier alpha value is -1.98. The lowest BCUT2D eigenvalue weighted by Gasteiger charge is -2.52. The van der Waals surface area contributed by atoms with Crippen LogP contribution in [0.4, 0.5) is 20.5 Å². The van der Waals surface area contributed by atoms with Crippen molar-refractivity contribution in [3.63, 3.8) is 0 Å². The van der Waals surface area contributed by atoms with Crippen LogP contribution in [0.5, 0.6) is 0 Å². The number of aromatic nitrogens is 4. The first-order chi connectivity index (χ1) is 15.8. The van der Waals surface area contributed by atoms with Gasteiger partial charge in [-0.1, -0.05) is 11.6 Å². The van der Waals surface area contributed by atoms with E-state index >= 15 is 0 Å². The van der Waals surface area contributed by atoms with E-state index in [-0.39, 0.29) is 41.0 Å². The van der Waals surface area contributed by atoms with Gasteiger partial charge in [-0.25, -0.2) is 15.0 Å². The van der Waals surface area contributed by atoms with Gasteiger partial charge in [0.05, 0.1) is 33.7 Å². The number of rotatable bonds is 5. The average molecular weight is 497 g/mol. The Morgan fingerprint density at radius 1 is 1.21 bits per heavy atom. The van der Waals surface area contributed by atoms with Gasteiger partial charge in [0.25, 0.3) is 0 Å². The van der Waals surface area contributed by atoms with Crippen LogP contribution >= 0.6 is 11.6 Å². The van der Waals surface area contributed by atoms with E-state index in [1.165, 1.54) is 0 Å². The van der Waals surface area contributed by atoms with Gasteiger partial charge in [0.2, 0.25) is 5.95 Å². The molecule has 2 bridgehead atoms. The number of nitrogens with zero attached hydrogens (tertiary/aromatic N) is 5. The van der Waals surface area contributed by atoms with Crippen molar-refractivity contribution >= 4 is 34.2 Å². The second-order valence-corrected chi connectivity index (χ2v) is 11.4. The number of nitrogens with one attached hydrogen (secondary N) is 1. The third-order valence-electron chi connectivity index (χ3n) is 7.49. The lowest BCUT2D eigenvalue weighted by Crippen LogP contribution is -2.55. The lowest BCUT2D eigenvalue weighted by atomic mass is 9.61. The molecule has 0 aromatic carbocycles. The highest BCUT2D eigenvalue weighted by Gasteiger charge is 2.52. The molecule has 2 unspecified atom stereocenters. The zero-order chi connectivity index (χ0) is 23.0. The first kappa shape index (κ1) is 21.5. The largest absolute Gasteiger partial charge is 0.394 e. The van der Waals surface area contributed by atoms with Crippen LogP contribution in [0.25, 0.3) is 0 Å². The third-order valence-corrected chi connectivity index (χ3v) is 9.15. The Labute approximate surface area is 196 Å². The highest BCUT2D eigenvalue weighted by atomic mass is 35.5. The molecule has 2 N–H and O–H groups in total. The fraction of sp³-hybridized carbons (Fsp3) is 0.619. The fourth-order valence-electron chi connectivity index (χ4n) is 5.58. The maximum Gasteiger partial charge on any atom is 0.302 e. The molecule has 2 aromatic rings. The van der Waals surface area contributed by atoms with E-state index < -0.39 is 33.7 Å². The number of aliphatic hydroxyl groups excluding tert-OH is 1. The summed E-state index contributed by atoms with van der Waals surface area (Å²) in [4.78, 5) is 19.5. The van der Waals surface area contributed by atoms with Crippen LogP contribution in [0, 0.1) is 11.8 Å². The number of hydrogen-bond acceptors (Lipinski definition) is 8. The molecule has 7 rings (SSSR count). The second-order valence-electron chi connectivity index (χ2n) is 9.61. The molecule has 176 valence electrons. The van der Waals surface area contributed by atoms with Crippen molar-refractivity contribution in [2.24, 2.45) is 11.8 Å². The predicted octanol–water partition coefficient (Wildman–Crippen LogP) is 2.70. The summed E-state index contributed by atoms with van der Waals surface area (Å²) in [6, 6.07) is 0. The average Bonchev–Trinajstić information content (AvgIpc) is 3.00. The minimum atomic E-state index is -3.28. The van der Waals surface area contributed by atoms with Gasteiger partial charge in [0, 0.05) is 31.4 Å². The van der Waals surface area contributed by atoms with E-state index in [0.717, 1.165) is 18.7 Å². The predicted molar refractivity (Wildman–Crippen MR) is 118 cm³/mol. The highest BCUT2D eigenvalue weighted by Crippen LogP contribution is 2.52. The molecule has 0 radical (unpaired) electrons. The Kier molecular flexibility index (Phi) is 4.90. The molecule has 12 heteroatoms. The van der Waals surface area contributed by atoms with Crippen LogP contribution in [0.1, 0.15) is 43.1 Å². The van der Waals surface area contributed by atoms with Gasteiger partial charge < -0.3 is 15.3 Å². The van der Waals surface area contributed by atoms with E-state index in [9.17, 15) is 18.1 Å². The topological polar surface area (TPSA) is 104 Å². The van der Waals surface area contributed by atoms with E-state index in [2.05, 4.69) is 25.3 Å². The number of hydrogen-bond donors (Lipinski definition) is 2. The number of aliphatic hydroxyl groups is 1. The molecule has 0 amide bonds. The molecular weight excluding hydrogens is 474 g/mol. The Balaban J connectivity index is 1.32. The second kappa shape index (κ2) is 7.51. The summed E-state index contributed by atoms with van der Waals surface area (Å²) in [7, 11) is -1.90. The highest BCUT2D eigenvalue weighted by molar-refractivity contribution is 7.85.